The van der Waals surface area contributed by atoms with E-state index in [1.165, 1.54) is 38.5 Å². The summed E-state index contributed by atoms with van der Waals surface area (Å²) in [6.07, 6.45) is 28.4. The van der Waals surface area contributed by atoms with E-state index in [0.717, 1.165) is 64.2 Å². The molecule has 1 saturated carbocycles. The molecule has 0 heterocycles. The zero-order chi connectivity index (χ0) is 45.9. The van der Waals surface area contributed by atoms with Gasteiger partial charge in [-0.2, -0.15) is 0 Å². The molecule has 9 atom stereocenters. The molecule has 1 aliphatic carbocycles. The minimum absolute atomic E-state index is 0.0343. The summed E-state index contributed by atoms with van der Waals surface area (Å²) < 4.78 is 33.3. The van der Waals surface area contributed by atoms with Crippen molar-refractivity contribution in [3.8, 4) is 0 Å². The van der Waals surface area contributed by atoms with Crippen LogP contribution in [-0.2, 0) is 32.7 Å². The third-order valence-corrected chi connectivity index (χ3v) is 11.1. The van der Waals surface area contributed by atoms with Crippen LogP contribution in [0.3, 0.4) is 0 Å². The Morgan fingerprint density at radius 2 is 1.11 bits per heavy atom. The van der Waals surface area contributed by atoms with Crippen LogP contribution in [0.15, 0.2) is 72.9 Å². The van der Waals surface area contributed by atoms with Crippen LogP contribution in [0.2, 0.25) is 0 Å². The topological polar surface area (TPSA) is 230 Å². The van der Waals surface area contributed by atoms with Gasteiger partial charge in [-0.05, 0) is 70.6 Å². The Bertz CT molecular complexity index is 1380. The summed E-state index contributed by atoms with van der Waals surface area (Å²) in [5, 5.41) is 60.4. The molecule has 7 N–H and O–H groups in total. The van der Waals surface area contributed by atoms with Crippen molar-refractivity contribution in [2.45, 2.75) is 198 Å². The summed E-state index contributed by atoms with van der Waals surface area (Å²) >= 11 is 0. The molecule has 0 radical (unpaired) electrons. The maximum atomic E-state index is 12.8. The number of hydrogen-bond acceptors (Lipinski definition) is 13. The summed E-state index contributed by atoms with van der Waals surface area (Å²) in [6, 6.07) is 0. The Kier molecular flexibility index (Phi) is 33.8. The standard InChI is InChI=1S/C47H79O14P/c1-3-5-7-9-11-13-15-17-18-20-22-24-26-28-30-34-41(50)60-39(37-59-62(56,57)61-47-45(54)43(52)42(51)44(53)46(47)55)36-58-40(49)35-31-33-38(48)32-29-27-25-23-21-19-16-14-12-10-8-6-4-2/h5,7,11,13,17-19,21,25,27,29,32,38-39,42-48,51-55H,3-4,6,8-10,12,14-16,20,22-24,26,28,30-31,33-37H2,1-2H3,(H,56,57)/b7-5-,13-11-,18-17-,21-19+,27-25+,32-29+/t38?,39-,42?,43-,44+,45-,46-,47?/m1/s1. The summed E-state index contributed by atoms with van der Waals surface area (Å²) in [5.74, 6) is -1.32. The smallest absolute Gasteiger partial charge is 0.462 e. The van der Waals surface area contributed by atoms with Crippen molar-refractivity contribution in [2.24, 2.45) is 0 Å². The number of phosphoric ester groups is 1. The number of phosphoric acid groups is 1. The number of esters is 2. The van der Waals surface area contributed by atoms with Crippen molar-refractivity contribution in [3.63, 3.8) is 0 Å². The van der Waals surface area contributed by atoms with Crippen LogP contribution >= 0.6 is 7.82 Å². The molecule has 14 nitrogen and oxygen atoms in total. The van der Waals surface area contributed by atoms with Gasteiger partial charge in [0.15, 0.2) is 6.10 Å². The molecule has 0 bridgehead atoms. The number of carbonyl (C=O) groups is 2. The Balaban J connectivity index is 2.57. The maximum Gasteiger partial charge on any atom is 0.472 e. The van der Waals surface area contributed by atoms with E-state index in [2.05, 4.69) is 62.5 Å². The van der Waals surface area contributed by atoms with Crippen LogP contribution in [0.5, 0.6) is 0 Å². The fraction of sp³-hybridized carbons (Fsp3) is 0.702. The van der Waals surface area contributed by atoms with E-state index in [9.17, 15) is 49.7 Å². The van der Waals surface area contributed by atoms with E-state index in [1.54, 1.807) is 12.2 Å². The highest BCUT2D eigenvalue weighted by Gasteiger charge is 2.51. The van der Waals surface area contributed by atoms with E-state index < -0.39 is 81.8 Å². The maximum absolute atomic E-state index is 12.8. The predicted molar refractivity (Wildman–Crippen MR) is 241 cm³/mol. The number of hydrogen-bond donors (Lipinski definition) is 7. The lowest BCUT2D eigenvalue weighted by atomic mass is 9.85. The van der Waals surface area contributed by atoms with Gasteiger partial charge in [0.2, 0.25) is 0 Å². The molecular formula is C47H79O14P. The summed E-state index contributed by atoms with van der Waals surface area (Å²) in [6.45, 7) is 2.98. The molecule has 0 saturated heterocycles. The number of allylic oxidation sites excluding steroid dienone is 11. The number of rotatable bonds is 36. The van der Waals surface area contributed by atoms with E-state index in [1.807, 2.05) is 12.2 Å². The molecule has 4 unspecified atom stereocenters. The van der Waals surface area contributed by atoms with Gasteiger partial charge in [-0.1, -0.05) is 138 Å². The van der Waals surface area contributed by atoms with Crippen molar-refractivity contribution >= 4 is 19.8 Å². The van der Waals surface area contributed by atoms with Gasteiger partial charge in [-0.25, -0.2) is 4.57 Å². The van der Waals surface area contributed by atoms with E-state index in [-0.39, 0.29) is 19.3 Å². The minimum Gasteiger partial charge on any atom is -0.462 e. The zero-order valence-corrected chi connectivity index (χ0v) is 38.1. The third-order valence-electron chi connectivity index (χ3n) is 10.1. The van der Waals surface area contributed by atoms with Crippen LogP contribution in [0.4, 0.5) is 0 Å². The number of aliphatic hydroxyl groups excluding tert-OH is 6. The molecular weight excluding hydrogens is 819 g/mol. The second-order valence-electron chi connectivity index (χ2n) is 15.7. The van der Waals surface area contributed by atoms with Crippen LogP contribution in [0.25, 0.3) is 0 Å². The van der Waals surface area contributed by atoms with Crippen LogP contribution in [0, 0.1) is 0 Å². The minimum atomic E-state index is -5.17. The van der Waals surface area contributed by atoms with Gasteiger partial charge < -0.3 is 45.0 Å². The number of ether oxygens (including phenoxy) is 2. The molecule has 0 aromatic heterocycles. The largest absolute Gasteiger partial charge is 0.472 e. The van der Waals surface area contributed by atoms with Gasteiger partial charge >= 0.3 is 19.8 Å². The highest BCUT2D eigenvalue weighted by atomic mass is 31.2. The lowest BCUT2D eigenvalue weighted by molar-refractivity contribution is -0.220. The second kappa shape index (κ2) is 36.6. The first-order valence-corrected chi connectivity index (χ1v) is 24.3. The van der Waals surface area contributed by atoms with Gasteiger partial charge in [0.1, 0.15) is 43.2 Å². The van der Waals surface area contributed by atoms with Crippen molar-refractivity contribution in [3.05, 3.63) is 72.9 Å². The Morgan fingerprint density at radius 3 is 1.73 bits per heavy atom. The Morgan fingerprint density at radius 1 is 0.597 bits per heavy atom. The predicted octanol–water partition coefficient (Wildman–Crippen LogP) is 7.69. The first kappa shape index (κ1) is 57.3. The fourth-order valence-electron chi connectivity index (χ4n) is 6.43. The van der Waals surface area contributed by atoms with Crippen LogP contribution < -0.4 is 0 Å². The number of carbonyl (C=O) groups excluding carboxylic acids is 2. The van der Waals surface area contributed by atoms with Crippen molar-refractivity contribution < 1.29 is 68.2 Å². The molecule has 1 fully saturated rings. The summed E-state index contributed by atoms with van der Waals surface area (Å²) in [4.78, 5) is 35.7. The second-order valence-corrected chi connectivity index (χ2v) is 17.1. The van der Waals surface area contributed by atoms with Gasteiger partial charge in [0, 0.05) is 12.8 Å². The molecule has 15 heteroatoms. The summed E-state index contributed by atoms with van der Waals surface area (Å²) in [7, 11) is -5.17. The SMILES string of the molecule is CC/C=C\C/C=C\C/C=C\CCCCCCCC(=O)O[C@H](COC(=O)CCCC(O)/C=C/C=C/C/C=C/CCCCCCCC)COP(=O)(O)OC1[C@H](O)[C@H](O)C(O)[C@H](O)[C@H]1O. The third kappa shape index (κ3) is 28.8. The van der Waals surface area contributed by atoms with Gasteiger partial charge in [-0.15, -0.1) is 0 Å². The van der Waals surface area contributed by atoms with Crippen LogP contribution in [-0.4, -0.2) is 110 Å². The molecule has 62 heavy (non-hydrogen) atoms. The molecule has 1 rings (SSSR count). The molecule has 356 valence electrons. The average molecular weight is 899 g/mol. The average Bonchev–Trinajstić information content (AvgIpc) is 3.25. The number of aliphatic hydroxyl groups is 6. The van der Waals surface area contributed by atoms with Crippen molar-refractivity contribution in [1.82, 2.24) is 0 Å². The quantitative estimate of drug-likeness (QED) is 0.0105. The van der Waals surface area contributed by atoms with Crippen LogP contribution in [0.1, 0.15) is 149 Å². The number of unbranched alkanes of at least 4 members (excludes halogenated alkanes) is 11. The van der Waals surface area contributed by atoms with E-state index in [4.69, 9.17) is 18.5 Å². The van der Waals surface area contributed by atoms with Crippen molar-refractivity contribution in [2.75, 3.05) is 13.2 Å². The molecule has 0 aromatic carbocycles. The Hall–Kier alpha value is -2.75. The molecule has 0 amide bonds. The lowest BCUT2D eigenvalue weighted by Gasteiger charge is -2.41. The van der Waals surface area contributed by atoms with E-state index in [0.29, 0.717) is 12.8 Å². The summed E-state index contributed by atoms with van der Waals surface area (Å²) in [5.41, 5.74) is 0. The molecule has 0 aliphatic heterocycles. The molecule has 0 spiro atoms. The molecule has 1 aliphatic rings. The zero-order valence-electron chi connectivity index (χ0n) is 37.2. The van der Waals surface area contributed by atoms with Gasteiger partial charge in [0.05, 0.1) is 12.7 Å². The molecule has 0 aromatic rings. The highest BCUT2D eigenvalue weighted by molar-refractivity contribution is 7.47. The monoisotopic (exact) mass is 899 g/mol. The van der Waals surface area contributed by atoms with Gasteiger partial charge in [-0.3, -0.25) is 18.6 Å². The Labute approximate surface area is 370 Å². The fourth-order valence-corrected chi connectivity index (χ4v) is 7.40. The first-order chi connectivity index (χ1) is 29.8. The lowest BCUT2D eigenvalue weighted by Crippen LogP contribution is -2.64. The van der Waals surface area contributed by atoms with Crippen molar-refractivity contribution in [1.29, 1.82) is 0 Å². The first-order valence-electron chi connectivity index (χ1n) is 22.8. The normalized spacial score (nSPS) is 23.0. The van der Waals surface area contributed by atoms with E-state index >= 15 is 0 Å². The van der Waals surface area contributed by atoms with Gasteiger partial charge in [0.25, 0.3) is 0 Å². The highest BCUT2D eigenvalue weighted by Crippen LogP contribution is 2.47.